The Morgan fingerprint density at radius 3 is 1.87 bits per heavy atom. The van der Waals surface area contributed by atoms with Gasteiger partial charge < -0.3 is 25.2 Å². The molecule has 0 spiro atoms. The van der Waals surface area contributed by atoms with Crippen LogP contribution in [0.25, 0.3) is 0 Å². The zero-order chi connectivity index (χ0) is 39.0. The highest BCUT2D eigenvalue weighted by molar-refractivity contribution is 7.48. The smallest absolute Gasteiger partial charge is 0.467 e. The lowest BCUT2D eigenvalue weighted by Gasteiger charge is -2.31. The first-order valence-electron chi connectivity index (χ1n) is 18.1. The van der Waals surface area contributed by atoms with Crippen LogP contribution in [0.2, 0.25) is 0 Å². The van der Waals surface area contributed by atoms with Crippen LogP contribution in [0.3, 0.4) is 0 Å². The van der Waals surface area contributed by atoms with Crippen molar-refractivity contribution in [3.8, 4) is 5.75 Å². The Hall–Kier alpha value is -4.96. The number of rotatable bonds is 20. The van der Waals surface area contributed by atoms with Crippen molar-refractivity contribution in [2.45, 2.75) is 84.6 Å². The molecule has 3 N–H and O–H groups in total. The van der Waals surface area contributed by atoms with E-state index in [9.17, 15) is 18.9 Å². The maximum atomic E-state index is 14.4. The van der Waals surface area contributed by atoms with Gasteiger partial charge in [-0.3, -0.25) is 13.8 Å². The summed E-state index contributed by atoms with van der Waals surface area (Å²) >= 11 is 0. The van der Waals surface area contributed by atoms with Crippen molar-refractivity contribution in [3.05, 3.63) is 137 Å². The SMILES string of the molecule is COC(=O)[C@H](CCCCNC(=O)NCc1ccccc1)NC(=O)CC(C)(C)c1c(C)cc(C)cc1OP(=O)(OCc1ccccc1)OCc1ccccc1. The molecule has 4 aromatic carbocycles. The first kappa shape index (κ1) is 41.8. The van der Waals surface area contributed by atoms with Gasteiger partial charge >= 0.3 is 19.8 Å². The number of carbonyl (C=O) groups excluding carboxylic acids is 3. The second-order valence-corrected chi connectivity index (χ2v) is 15.4. The summed E-state index contributed by atoms with van der Waals surface area (Å²) in [6.07, 6.45) is 1.45. The number of phosphoric ester groups is 1. The summed E-state index contributed by atoms with van der Waals surface area (Å²) in [5, 5.41) is 8.49. The molecule has 0 aromatic heterocycles. The highest BCUT2D eigenvalue weighted by Gasteiger charge is 2.36. The molecule has 0 saturated carbocycles. The monoisotopic (exact) mass is 757 g/mol. The van der Waals surface area contributed by atoms with Crippen molar-refractivity contribution in [1.29, 1.82) is 0 Å². The number of hydrogen-bond donors (Lipinski definition) is 3. The van der Waals surface area contributed by atoms with Gasteiger partial charge in [-0.1, -0.05) is 111 Å². The molecule has 3 amide bonds. The van der Waals surface area contributed by atoms with E-state index in [1.54, 1.807) is 6.07 Å². The molecule has 0 heterocycles. The molecule has 4 rings (SSSR count). The maximum absolute atomic E-state index is 14.4. The molecule has 288 valence electrons. The van der Waals surface area contributed by atoms with E-state index in [-0.39, 0.29) is 37.3 Å². The van der Waals surface area contributed by atoms with Gasteiger partial charge in [0, 0.05) is 30.5 Å². The standard InChI is InChI=1S/C42H52N3O8P/c1-31-25-32(2)39(37(26-31)53-54(49,51-29-34-19-11-7-12-20-34)52-30-35-21-13-8-14-22-35)42(3,4)27-38(46)45-36(40(47)50-5)23-15-16-24-43-41(48)44-28-33-17-9-6-10-18-33/h6-14,17-22,25-26,36H,15-16,23-24,27-30H2,1-5H3,(H,45,46)(H2,43,44,48)/t36-/m0/s1. The van der Waals surface area contributed by atoms with Gasteiger partial charge in [0.25, 0.3) is 0 Å². The lowest BCUT2D eigenvalue weighted by atomic mass is 9.78. The van der Waals surface area contributed by atoms with E-state index in [1.165, 1.54) is 7.11 Å². The average molecular weight is 758 g/mol. The topological polar surface area (TPSA) is 141 Å². The molecule has 0 aliphatic heterocycles. The molecule has 0 aliphatic rings. The zero-order valence-electron chi connectivity index (χ0n) is 31.8. The minimum atomic E-state index is -4.22. The van der Waals surface area contributed by atoms with Gasteiger partial charge in [-0.05, 0) is 67.0 Å². The highest BCUT2D eigenvalue weighted by atomic mass is 31.2. The van der Waals surface area contributed by atoms with Crippen molar-refractivity contribution >= 4 is 25.7 Å². The Kier molecular flexibility index (Phi) is 15.9. The molecule has 0 radical (unpaired) electrons. The van der Waals surface area contributed by atoms with Crippen LogP contribution in [-0.4, -0.2) is 37.6 Å². The number of benzene rings is 4. The molecule has 4 aromatic rings. The van der Waals surface area contributed by atoms with Gasteiger partial charge in [-0.2, -0.15) is 0 Å². The number of nitrogens with one attached hydrogen (secondary N) is 3. The fourth-order valence-corrected chi connectivity index (χ4v) is 7.36. The van der Waals surface area contributed by atoms with Crippen LogP contribution < -0.4 is 20.5 Å². The largest absolute Gasteiger partial charge is 0.530 e. The lowest BCUT2D eigenvalue weighted by Crippen LogP contribution is -2.43. The van der Waals surface area contributed by atoms with Crippen molar-refractivity contribution in [2.75, 3.05) is 13.7 Å². The number of unbranched alkanes of at least 4 members (excludes halogenated alkanes) is 1. The van der Waals surface area contributed by atoms with Crippen molar-refractivity contribution in [3.63, 3.8) is 0 Å². The predicted molar refractivity (Wildman–Crippen MR) is 209 cm³/mol. The van der Waals surface area contributed by atoms with Gasteiger partial charge in [0.1, 0.15) is 11.8 Å². The number of carbonyl (C=O) groups is 3. The van der Waals surface area contributed by atoms with E-state index >= 15 is 0 Å². The van der Waals surface area contributed by atoms with Crippen LogP contribution in [0.5, 0.6) is 5.75 Å². The number of urea groups is 1. The summed E-state index contributed by atoms with van der Waals surface area (Å²) in [4.78, 5) is 38.5. The summed E-state index contributed by atoms with van der Waals surface area (Å²) in [5.41, 5.74) is 4.07. The molecule has 1 atom stereocenters. The van der Waals surface area contributed by atoms with E-state index in [0.717, 1.165) is 27.8 Å². The number of hydrogen-bond acceptors (Lipinski definition) is 8. The Morgan fingerprint density at radius 2 is 1.31 bits per heavy atom. The quantitative estimate of drug-likeness (QED) is 0.0466. The molecule has 0 fully saturated rings. The minimum Gasteiger partial charge on any atom is -0.467 e. The summed E-state index contributed by atoms with van der Waals surface area (Å²) in [7, 11) is -2.94. The summed E-state index contributed by atoms with van der Waals surface area (Å²) in [6.45, 7) is 8.38. The third-order valence-electron chi connectivity index (χ3n) is 8.72. The molecule has 54 heavy (non-hydrogen) atoms. The predicted octanol–water partition coefficient (Wildman–Crippen LogP) is 8.22. The second-order valence-electron chi connectivity index (χ2n) is 13.8. The fraction of sp³-hybridized carbons (Fsp3) is 0.357. The number of amides is 3. The minimum absolute atomic E-state index is 0.00866. The van der Waals surface area contributed by atoms with Crippen LogP contribution in [0.1, 0.15) is 72.9 Å². The third-order valence-corrected chi connectivity index (χ3v) is 10.0. The van der Waals surface area contributed by atoms with Crippen LogP contribution >= 0.6 is 7.82 Å². The van der Waals surface area contributed by atoms with Crippen LogP contribution in [-0.2, 0) is 53.1 Å². The van der Waals surface area contributed by atoms with E-state index in [1.807, 2.05) is 125 Å². The summed E-state index contributed by atoms with van der Waals surface area (Å²) in [5.74, 6) is -0.652. The maximum Gasteiger partial charge on any atom is 0.530 e. The van der Waals surface area contributed by atoms with E-state index in [0.29, 0.717) is 37.9 Å². The average Bonchev–Trinajstić information content (AvgIpc) is 3.15. The second kappa shape index (κ2) is 20.5. The number of esters is 1. The number of methoxy groups -OCH3 is 1. The van der Waals surface area contributed by atoms with Crippen molar-refractivity contribution in [1.82, 2.24) is 16.0 Å². The van der Waals surface area contributed by atoms with Crippen LogP contribution in [0.15, 0.2) is 103 Å². The Morgan fingerprint density at radius 1 is 0.759 bits per heavy atom. The van der Waals surface area contributed by atoms with Gasteiger partial charge in [-0.25, -0.2) is 14.2 Å². The van der Waals surface area contributed by atoms with Crippen molar-refractivity contribution in [2.24, 2.45) is 0 Å². The normalized spacial score (nSPS) is 12.0. The molecular weight excluding hydrogens is 705 g/mol. The summed E-state index contributed by atoms with van der Waals surface area (Å²) in [6, 6.07) is 30.8. The Balaban J connectivity index is 1.41. The zero-order valence-corrected chi connectivity index (χ0v) is 32.7. The highest BCUT2D eigenvalue weighted by Crippen LogP contribution is 2.53. The number of phosphoric acid groups is 1. The third kappa shape index (κ3) is 13.5. The summed E-state index contributed by atoms with van der Waals surface area (Å²) < 4.78 is 37.4. The molecule has 0 aliphatic carbocycles. The van der Waals surface area contributed by atoms with E-state index in [4.69, 9.17) is 18.3 Å². The number of aryl methyl sites for hydroxylation is 2. The van der Waals surface area contributed by atoms with Crippen molar-refractivity contribution < 1.29 is 37.3 Å². The first-order chi connectivity index (χ1) is 25.9. The molecule has 0 bridgehead atoms. The van der Waals surface area contributed by atoms with Gasteiger partial charge in [0.15, 0.2) is 0 Å². The first-order valence-corrected chi connectivity index (χ1v) is 19.5. The van der Waals surface area contributed by atoms with Gasteiger partial charge in [-0.15, -0.1) is 0 Å². The van der Waals surface area contributed by atoms with Gasteiger partial charge in [0.2, 0.25) is 5.91 Å². The molecule has 12 heteroatoms. The number of ether oxygens (including phenoxy) is 1. The molecule has 0 unspecified atom stereocenters. The molecule has 0 saturated heterocycles. The Bertz CT molecular complexity index is 1810. The molecule has 11 nitrogen and oxygen atoms in total. The van der Waals surface area contributed by atoms with E-state index < -0.39 is 25.2 Å². The lowest BCUT2D eigenvalue weighted by molar-refractivity contribution is -0.145. The van der Waals surface area contributed by atoms with Gasteiger partial charge in [0.05, 0.1) is 20.3 Å². The van der Waals surface area contributed by atoms with E-state index in [2.05, 4.69) is 16.0 Å². The Labute approximate surface area is 318 Å². The van der Waals surface area contributed by atoms with Crippen LogP contribution in [0.4, 0.5) is 4.79 Å². The van der Waals surface area contributed by atoms with Crippen LogP contribution in [0, 0.1) is 13.8 Å². The molecular formula is C42H52N3O8P. The fourth-order valence-electron chi connectivity index (χ4n) is 6.18.